The lowest BCUT2D eigenvalue weighted by Crippen LogP contribution is -2.44. The number of carbonyl (C=O) groups excluding carboxylic acids is 1. The average molecular weight is 265 g/mol. The standard InChI is InChI=1S/C14H23N3O2/c1-10-5-6-12(11-7-15-16-8-11)17(9-10)13(18)19-14(2,3)4/h7-8,10,12H,5-6,9H2,1-4H3,(H,15,16)/t10-,12+/m0/s1. The molecule has 0 radical (unpaired) electrons. The summed E-state index contributed by atoms with van der Waals surface area (Å²) < 4.78 is 5.51. The topological polar surface area (TPSA) is 58.2 Å². The quantitative estimate of drug-likeness (QED) is 0.848. The highest BCUT2D eigenvalue weighted by Crippen LogP contribution is 2.33. The van der Waals surface area contributed by atoms with E-state index in [1.165, 1.54) is 0 Å². The Morgan fingerprint density at radius 1 is 1.47 bits per heavy atom. The zero-order chi connectivity index (χ0) is 14.0. The third-order valence-electron chi connectivity index (χ3n) is 3.35. The Morgan fingerprint density at radius 2 is 2.21 bits per heavy atom. The highest BCUT2D eigenvalue weighted by atomic mass is 16.6. The monoisotopic (exact) mass is 265 g/mol. The lowest BCUT2D eigenvalue weighted by atomic mass is 9.92. The van der Waals surface area contributed by atoms with Gasteiger partial charge in [-0.2, -0.15) is 5.10 Å². The summed E-state index contributed by atoms with van der Waals surface area (Å²) >= 11 is 0. The van der Waals surface area contributed by atoms with Gasteiger partial charge in [-0.25, -0.2) is 4.79 Å². The lowest BCUT2D eigenvalue weighted by Gasteiger charge is -2.38. The maximum Gasteiger partial charge on any atom is 0.410 e. The lowest BCUT2D eigenvalue weighted by molar-refractivity contribution is 0.00364. The van der Waals surface area contributed by atoms with E-state index in [0.717, 1.165) is 24.9 Å². The predicted molar refractivity (Wildman–Crippen MR) is 72.7 cm³/mol. The predicted octanol–water partition coefficient (Wildman–Crippen LogP) is 3.12. The van der Waals surface area contributed by atoms with Gasteiger partial charge in [0.2, 0.25) is 0 Å². The van der Waals surface area contributed by atoms with Gasteiger partial charge in [-0.3, -0.25) is 5.10 Å². The molecule has 0 unspecified atom stereocenters. The minimum atomic E-state index is -0.460. The van der Waals surface area contributed by atoms with Crippen LogP contribution in [0.2, 0.25) is 0 Å². The number of carbonyl (C=O) groups is 1. The molecule has 106 valence electrons. The fraction of sp³-hybridized carbons (Fsp3) is 0.714. The van der Waals surface area contributed by atoms with Crippen LogP contribution in [0.1, 0.15) is 52.1 Å². The first-order chi connectivity index (χ1) is 8.87. The number of ether oxygens (including phenoxy) is 1. The molecule has 0 bridgehead atoms. The maximum absolute atomic E-state index is 12.3. The normalized spacial score (nSPS) is 24.3. The van der Waals surface area contributed by atoms with Gasteiger partial charge in [0.05, 0.1) is 12.2 Å². The van der Waals surface area contributed by atoms with Crippen molar-refractivity contribution in [1.82, 2.24) is 15.1 Å². The van der Waals surface area contributed by atoms with Crippen molar-refractivity contribution in [3.63, 3.8) is 0 Å². The number of H-pyrrole nitrogens is 1. The van der Waals surface area contributed by atoms with Crippen LogP contribution in [0.15, 0.2) is 12.4 Å². The van der Waals surface area contributed by atoms with E-state index in [1.54, 1.807) is 6.20 Å². The Morgan fingerprint density at radius 3 is 2.79 bits per heavy atom. The summed E-state index contributed by atoms with van der Waals surface area (Å²) in [6.07, 6.45) is 5.50. The number of aromatic nitrogens is 2. The molecule has 1 N–H and O–H groups in total. The number of nitrogens with one attached hydrogen (secondary N) is 1. The number of piperidine rings is 1. The molecule has 1 aliphatic rings. The molecule has 1 amide bonds. The van der Waals surface area contributed by atoms with Crippen LogP contribution in [0.3, 0.4) is 0 Å². The van der Waals surface area contributed by atoms with Gasteiger partial charge in [-0.15, -0.1) is 0 Å². The van der Waals surface area contributed by atoms with Crippen molar-refractivity contribution >= 4 is 6.09 Å². The average Bonchev–Trinajstić information content (AvgIpc) is 2.80. The van der Waals surface area contributed by atoms with Crippen LogP contribution < -0.4 is 0 Å². The van der Waals surface area contributed by atoms with Gasteiger partial charge in [0.15, 0.2) is 0 Å². The summed E-state index contributed by atoms with van der Waals surface area (Å²) in [5, 5.41) is 6.80. The molecule has 5 heteroatoms. The second-order valence-electron chi connectivity index (χ2n) is 6.36. The number of rotatable bonds is 1. The Labute approximate surface area is 114 Å². The largest absolute Gasteiger partial charge is 0.444 e. The number of nitrogens with zero attached hydrogens (tertiary/aromatic N) is 2. The summed E-state index contributed by atoms with van der Waals surface area (Å²) in [7, 11) is 0. The van der Waals surface area contributed by atoms with Gasteiger partial charge in [-0.1, -0.05) is 6.92 Å². The fourth-order valence-corrected chi connectivity index (χ4v) is 2.46. The van der Waals surface area contributed by atoms with E-state index in [2.05, 4.69) is 17.1 Å². The summed E-state index contributed by atoms with van der Waals surface area (Å²) in [5.74, 6) is 0.510. The molecule has 2 heterocycles. The zero-order valence-corrected chi connectivity index (χ0v) is 12.1. The summed E-state index contributed by atoms with van der Waals surface area (Å²) in [6.45, 7) is 8.59. The van der Waals surface area contributed by atoms with Crippen LogP contribution in [-0.2, 0) is 4.74 Å². The number of hydrogen-bond acceptors (Lipinski definition) is 3. The van der Waals surface area contributed by atoms with Gasteiger partial charge in [-0.05, 0) is 39.5 Å². The van der Waals surface area contributed by atoms with Crippen LogP contribution in [0.25, 0.3) is 0 Å². The van der Waals surface area contributed by atoms with E-state index in [0.29, 0.717) is 5.92 Å². The van der Waals surface area contributed by atoms with Crippen molar-refractivity contribution in [2.45, 2.75) is 52.2 Å². The molecule has 1 saturated heterocycles. The Balaban J connectivity index is 2.15. The maximum atomic E-state index is 12.3. The number of aromatic amines is 1. The highest BCUT2D eigenvalue weighted by molar-refractivity contribution is 5.69. The first kappa shape index (κ1) is 13.9. The second kappa shape index (κ2) is 5.23. The van der Waals surface area contributed by atoms with E-state index in [-0.39, 0.29) is 12.1 Å². The molecular weight excluding hydrogens is 242 g/mol. The molecule has 5 nitrogen and oxygen atoms in total. The Kier molecular flexibility index (Phi) is 3.83. The van der Waals surface area contributed by atoms with Crippen molar-refractivity contribution in [2.75, 3.05) is 6.54 Å². The van der Waals surface area contributed by atoms with E-state index < -0.39 is 5.60 Å². The fourth-order valence-electron chi connectivity index (χ4n) is 2.46. The van der Waals surface area contributed by atoms with Crippen LogP contribution >= 0.6 is 0 Å². The number of hydrogen-bond donors (Lipinski definition) is 1. The third kappa shape index (κ3) is 3.49. The summed E-state index contributed by atoms with van der Waals surface area (Å²) in [4.78, 5) is 14.2. The van der Waals surface area contributed by atoms with Crippen LogP contribution in [-0.4, -0.2) is 33.3 Å². The smallest absolute Gasteiger partial charge is 0.410 e. The van der Waals surface area contributed by atoms with Crippen molar-refractivity contribution in [3.8, 4) is 0 Å². The van der Waals surface area contributed by atoms with Crippen molar-refractivity contribution < 1.29 is 9.53 Å². The molecule has 1 aromatic heterocycles. The Hall–Kier alpha value is -1.52. The molecule has 1 fully saturated rings. The number of amides is 1. The van der Waals surface area contributed by atoms with E-state index in [9.17, 15) is 4.79 Å². The summed E-state index contributed by atoms with van der Waals surface area (Å²) in [6, 6.07) is 0.0739. The highest BCUT2D eigenvalue weighted by Gasteiger charge is 2.34. The molecule has 0 spiro atoms. The van der Waals surface area contributed by atoms with Gasteiger partial charge in [0.25, 0.3) is 0 Å². The molecular formula is C14H23N3O2. The SMILES string of the molecule is C[C@H]1CC[C@H](c2cn[nH]c2)N(C(=O)OC(C)(C)C)C1. The van der Waals surface area contributed by atoms with Crippen LogP contribution in [0.5, 0.6) is 0 Å². The minimum absolute atomic E-state index is 0.0739. The first-order valence-corrected chi connectivity index (χ1v) is 6.85. The molecule has 0 saturated carbocycles. The van der Waals surface area contributed by atoms with Gasteiger partial charge in [0, 0.05) is 18.3 Å². The minimum Gasteiger partial charge on any atom is -0.444 e. The van der Waals surface area contributed by atoms with E-state index in [4.69, 9.17) is 4.74 Å². The third-order valence-corrected chi connectivity index (χ3v) is 3.35. The zero-order valence-electron chi connectivity index (χ0n) is 12.1. The summed E-state index contributed by atoms with van der Waals surface area (Å²) in [5.41, 5.74) is 0.594. The van der Waals surface area contributed by atoms with Gasteiger partial charge in [0.1, 0.15) is 5.60 Å². The van der Waals surface area contributed by atoms with E-state index >= 15 is 0 Å². The molecule has 2 atom stereocenters. The molecule has 2 rings (SSSR count). The van der Waals surface area contributed by atoms with Crippen molar-refractivity contribution in [2.24, 2.45) is 5.92 Å². The van der Waals surface area contributed by atoms with E-state index in [1.807, 2.05) is 31.9 Å². The van der Waals surface area contributed by atoms with Crippen molar-refractivity contribution in [3.05, 3.63) is 18.0 Å². The molecule has 1 aromatic rings. The molecule has 1 aliphatic heterocycles. The molecule has 0 aliphatic carbocycles. The Bertz CT molecular complexity index is 422. The van der Waals surface area contributed by atoms with Gasteiger partial charge < -0.3 is 9.64 Å². The molecule has 19 heavy (non-hydrogen) atoms. The van der Waals surface area contributed by atoms with Crippen molar-refractivity contribution in [1.29, 1.82) is 0 Å². The van der Waals surface area contributed by atoms with Crippen LogP contribution in [0.4, 0.5) is 4.79 Å². The second-order valence-corrected chi connectivity index (χ2v) is 6.36. The van der Waals surface area contributed by atoms with Gasteiger partial charge >= 0.3 is 6.09 Å². The number of likely N-dealkylation sites (tertiary alicyclic amines) is 1. The van der Waals surface area contributed by atoms with Crippen LogP contribution in [0, 0.1) is 5.92 Å². The molecule has 0 aromatic carbocycles. The first-order valence-electron chi connectivity index (χ1n) is 6.85.